The Morgan fingerprint density at radius 3 is 1.72 bits per heavy atom. The number of hydrogen-bond donors (Lipinski definition) is 1. The number of hydrogen-bond acceptors (Lipinski definition) is 4. The van der Waals surface area contributed by atoms with E-state index < -0.39 is 6.04 Å². The molecule has 1 unspecified atom stereocenters. The van der Waals surface area contributed by atoms with Crippen molar-refractivity contribution in [3.05, 3.63) is 216 Å². The van der Waals surface area contributed by atoms with Crippen LogP contribution in [-0.4, -0.2) is 10.4 Å². The lowest BCUT2D eigenvalue weighted by Crippen LogP contribution is -2.34. The van der Waals surface area contributed by atoms with Gasteiger partial charge in [0.25, 0.3) is 0 Å². The minimum absolute atomic E-state index is 0.405. The summed E-state index contributed by atoms with van der Waals surface area (Å²) in [5.41, 5.74) is 13.2. The maximum Gasteiger partial charge on any atom is 0.137 e. The molecule has 5 nitrogen and oxygen atoms in total. The van der Waals surface area contributed by atoms with Gasteiger partial charge in [0.2, 0.25) is 0 Å². The summed E-state index contributed by atoms with van der Waals surface area (Å²) in [5, 5.41) is 19.0. The van der Waals surface area contributed by atoms with Crippen molar-refractivity contribution >= 4 is 55.3 Å². The van der Waals surface area contributed by atoms with E-state index in [1.54, 1.807) is 0 Å². The fraction of sp³-hybridized carbons (Fsp3) is 0.0189. The van der Waals surface area contributed by atoms with Crippen LogP contribution in [0.1, 0.15) is 22.7 Å². The minimum atomic E-state index is -0.405. The smallest absolute Gasteiger partial charge is 0.137 e. The van der Waals surface area contributed by atoms with Crippen LogP contribution in [0.2, 0.25) is 0 Å². The van der Waals surface area contributed by atoms with Crippen molar-refractivity contribution in [1.29, 1.82) is 5.26 Å². The van der Waals surface area contributed by atoms with Gasteiger partial charge in [0, 0.05) is 49.9 Å². The molecule has 2 aromatic heterocycles. The fourth-order valence-electron chi connectivity index (χ4n) is 8.64. The second-order valence-electron chi connectivity index (χ2n) is 14.7. The van der Waals surface area contributed by atoms with Crippen LogP contribution < -0.4 is 5.32 Å². The number of nitrogens with one attached hydrogen (secondary N) is 1. The zero-order valence-corrected chi connectivity index (χ0v) is 31.3. The number of benzene rings is 8. The lowest BCUT2D eigenvalue weighted by Gasteiger charge is -2.28. The molecule has 58 heavy (non-hydrogen) atoms. The van der Waals surface area contributed by atoms with Crippen LogP contribution in [0.3, 0.4) is 0 Å². The lowest BCUT2D eigenvalue weighted by molar-refractivity contribution is 0.669. The van der Waals surface area contributed by atoms with Crippen molar-refractivity contribution in [3.63, 3.8) is 0 Å². The summed E-state index contributed by atoms with van der Waals surface area (Å²) in [6.45, 7) is 0. The first-order valence-corrected chi connectivity index (χ1v) is 19.5. The molecular weight excluding hydrogens is 709 g/mol. The second kappa shape index (κ2) is 13.7. The highest BCUT2D eigenvalue weighted by atomic mass is 16.3. The van der Waals surface area contributed by atoms with Crippen LogP contribution in [0.4, 0.5) is 0 Å². The van der Waals surface area contributed by atoms with Crippen molar-refractivity contribution in [2.24, 2.45) is 4.99 Å². The Bertz CT molecular complexity index is 3240. The molecule has 10 aromatic rings. The van der Waals surface area contributed by atoms with Gasteiger partial charge < -0.3 is 14.3 Å². The molecule has 0 aliphatic carbocycles. The predicted molar refractivity (Wildman–Crippen MR) is 237 cm³/mol. The summed E-state index contributed by atoms with van der Waals surface area (Å²) in [6, 6.07) is 69.4. The molecule has 1 aliphatic heterocycles. The molecular formula is C53H34N4O. The van der Waals surface area contributed by atoms with Gasteiger partial charge in [0.15, 0.2) is 0 Å². The van der Waals surface area contributed by atoms with Gasteiger partial charge in [0.1, 0.15) is 17.0 Å². The van der Waals surface area contributed by atoms with Gasteiger partial charge in [-0.15, -0.1) is 0 Å². The van der Waals surface area contributed by atoms with Crippen molar-refractivity contribution in [3.8, 4) is 34.0 Å². The average Bonchev–Trinajstić information content (AvgIpc) is 3.83. The zero-order chi connectivity index (χ0) is 38.6. The molecule has 1 aliphatic rings. The van der Waals surface area contributed by atoms with Gasteiger partial charge >= 0.3 is 0 Å². The van der Waals surface area contributed by atoms with Crippen molar-refractivity contribution < 1.29 is 4.42 Å². The Kier molecular flexibility index (Phi) is 7.87. The average molecular weight is 743 g/mol. The number of fused-ring (bicyclic) bond motifs is 6. The van der Waals surface area contributed by atoms with Crippen LogP contribution in [0.5, 0.6) is 0 Å². The maximum atomic E-state index is 10.7. The number of para-hydroxylation sites is 2. The van der Waals surface area contributed by atoms with E-state index in [0.717, 1.165) is 88.4 Å². The van der Waals surface area contributed by atoms with Crippen LogP contribution >= 0.6 is 0 Å². The monoisotopic (exact) mass is 742 g/mol. The first-order chi connectivity index (χ1) is 28.7. The number of furan rings is 1. The van der Waals surface area contributed by atoms with Gasteiger partial charge in [-0.1, -0.05) is 158 Å². The summed E-state index contributed by atoms with van der Waals surface area (Å²) in [5.74, 6) is 0.693. The number of aliphatic imine (C=N–C) groups is 1. The third kappa shape index (κ3) is 5.43. The van der Waals surface area contributed by atoms with Gasteiger partial charge in [-0.05, 0) is 47.0 Å². The first kappa shape index (κ1) is 33.4. The van der Waals surface area contributed by atoms with Gasteiger partial charge in [-0.3, -0.25) is 0 Å². The van der Waals surface area contributed by atoms with Gasteiger partial charge in [0.05, 0.1) is 40.1 Å². The molecule has 0 amide bonds. The molecule has 11 rings (SSSR count). The van der Waals surface area contributed by atoms with Crippen LogP contribution in [0.15, 0.2) is 209 Å². The summed E-state index contributed by atoms with van der Waals surface area (Å²) < 4.78 is 8.94. The molecule has 0 saturated carbocycles. The second-order valence-corrected chi connectivity index (χ2v) is 14.7. The van der Waals surface area contributed by atoms with Crippen molar-refractivity contribution in [1.82, 2.24) is 9.88 Å². The van der Waals surface area contributed by atoms with E-state index in [1.165, 1.54) is 0 Å². The topological polar surface area (TPSA) is 66.2 Å². The highest BCUT2D eigenvalue weighted by Gasteiger charge is 2.30. The van der Waals surface area contributed by atoms with E-state index in [2.05, 4.69) is 149 Å². The normalized spacial score (nSPS) is 14.2. The van der Waals surface area contributed by atoms with Crippen molar-refractivity contribution in [2.75, 3.05) is 0 Å². The molecule has 0 fully saturated rings. The Morgan fingerprint density at radius 1 is 0.500 bits per heavy atom. The Morgan fingerprint density at radius 2 is 1.07 bits per heavy atom. The largest absolute Gasteiger partial charge is 0.456 e. The van der Waals surface area contributed by atoms with Crippen LogP contribution in [0, 0.1) is 11.3 Å². The van der Waals surface area contributed by atoms with Gasteiger partial charge in [-0.25, -0.2) is 4.99 Å². The molecule has 0 saturated heterocycles. The molecule has 3 heterocycles. The zero-order valence-electron chi connectivity index (χ0n) is 31.3. The third-order valence-corrected chi connectivity index (χ3v) is 11.3. The molecule has 1 N–H and O–H groups in total. The summed E-state index contributed by atoms with van der Waals surface area (Å²) in [7, 11) is 0. The number of rotatable bonds is 6. The minimum Gasteiger partial charge on any atom is -0.456 e. The maximum absolute atomic E-state index is 10.7. The molecule has 8 aromatic carbocycles. The van der Waals surface area contributed by atoms with Gasteiger partial charge in [-0.2, -0.15) is 5.26 Å². The molecule has 0 spiro atoms. The third-order valence-electron chi connectivity index (χ3n) is 11.3. The van der Waals surface area contributed by atoms with Crippen LogP contribution in [-0.2, 0) is 0 Å². The first-order valence-electron chi connectivity index (χ1n) is 19.5. The molecule has 1 atom stereocenters. The predicted octanol–water partition coefficient (Wildman–Crippen LogP) is 13.0. The summed E-state index contributed by atoms with van der Waals surface area (Å²) in [6.07, 6.45) is 0. The number of nitriles is 1. The summed E-state index contributed by atoms with van der Waals surface area (Å²) >= 11 is 0. The quantitative estimate of drug-likeness (QED) is 0.184. The SMILES string of the molecule is N#CC1=C(c2ccccc2)N=C(c2cc(-c3ccccc3)c(-n3c4ccccc4c4cc5c(cc43)oc3ccccc35)c(-c3ccccc3)c2)NC1c1ccccc1. The lowest BCUT2D eigenvalue weighted by atomic mass is 9.90. The standard InChI is InChI=1S/C53H34N4O/c54-33-45-50(36-21-9-3-10-22-36)55-53(56-51(45)37-23-11-4-12-24-37)38-29-41(34-17-5-1-6-18-34)52(42(30-38)35-19-7-2-8-20-35)57-46-27-15-13-25-39(46)43-31-44-40-26-14-16-28-48(40)58-49(44)32-47(43)57/h1-32,50H,(H,55,56). The van der Waals surface area contributed by atoms with E-state index in [9.17, 15) is 5.26 Å². The van der Waals surface area contributed by atoms with Crippen molar-refractivity contribution in [2.45, 2.75) is 6.04 Å². The highest BCUT2D eigenvalue weighted by molar-refractivity contribution is 6.18. The number of aromatic nitrogens is 1. The van der Waals surface area contributed by atoms with E-state index in [4.69, 9.17) is 9.41 Å². The Labute approximate surface area is 335 Å². The summed E-state index contributed by atoms with van der Waals surface area (Å²) in [4.78, 5) is 5.31. The molecule has 272 valence electrons. The molecule has 0 radical (unpaired) electrons. The van der Waals surface area contributed by atoms with E-state index in [1.807, 2.05) is 60.7 Å². The van der Waals surface area contributed by atoms with E-state index in [-0.39, 0.29) is 0 Å². The van der Waals surface area contributed by atoms with E-state index in [0.29, 0.717) is 17.1 Å². The molecule has 5 heteroatoms. The van der Waals surface area contributed by atoms with Crippen LogP contribution in [0.25, 0.3) is 77.4 Å². The van der Waals surface area contributed by atoms with E-state index >= 15 is 0 Å². The fourth-order valence-corrected chi connectivity index (χ4v) is 8.64. The molecule has 0 bridgehead atoms. The Balaban J connectivity index is 1.24. The Hall–Kier alpha value is -7.94. The number of nitrogens with zero attached hydrogens (tertiary/aromatic N) is 3. The number of amidine groups is 1. The highest BCUT2D eigenvalue weighted by Crippen LogP contribution is 2.45.